The summed E-state index contributed by atoms with van der Waals surface area (Å²) in [4.78, 5) is 4.33. The van der Waals surface area contributed by atoms with E-state index in [1.165, 1.54) is 6.07 Å². The van der Waals surface area contributed by atoms with Crippen LogP contribution in [-0.2, 0) is 0 Å². The van der Waals surface area contributed by atoms with Crippen molar-refractivity contribution in [1.29, 1.82) is 0 Å². The van der Waals surface area contributed by atoms with E-state index >= 15 is 0 Å². The van der Waals surface area contributed by atoms with Gasteiger partial charge in [0.25, 0.3) is 0 Å². The standard InChI is InChI=1S/C14H13Cl2FN2/c1-2-7-18-14-11(16)8-10(15)13(19-14)9-5-3-4-6-12(9)17/h3-6,8H,2,7H2,1H3,(H,18,19). The third-order valence-corrected chi connectivity index (χ3v) is 3.18. The molecule has 2 aromatic rings. The molecule has 0 radical (unpaired) electrons. The number of benzene rings is 1. The van der Waals surface area contributed by atoms with Gasteiger partial charge in [0.1, 0.15) is 11.6 Å². The second-order valence-corrected chi connectivity index (χ2v) is 4.87. The summed E-state index contributed by atoms with van der Waals surface area (Å²) in [5.41, 5.74) is 0.756. The molecule has 0 atom stereocenters. The van der Waals surface area contributed by atoms with Crippen LogP contribution in [0.1, 0.15) is 13.3 Å². The fourth-order valence-corrected chi connectivity index (χ4v) is 2.20. The molecule has 0 saturated heterocycles. The van der Waals surface area contributed by atoms with Gasteiger partial charge in [-0.3, -0.25) is 0 Å². The van der Waals surface area contributed by atoms with Gasteiger partial charge in [0.15, 0.2) is 0 Å². The molecule has 0 spiro atoms. The van der Waals surface area contributed by atoms with E-state index in [0.29, 0.717) is 27.1 Å². The molecule has 0 saturated carbocycles. The van der Waals surface area contributed by atoms with Crippen molar-refractivity contribution < 1.29 is 4.39 Å². The SMILES string of the molecule is CCCNc1nc(-c2ccccc2F)c(Cl)cc1Cl. The van der Waals surface area contributed by atoms with E-state index in [0.717, 1.165) is 13.0 Å². The number of rotatable bonds is 4. The van der Waals surface area contributed by atoms with Crippen LogP contribution in [0.2, 0.25) is 10.0 Å². The molecule has 19 heavy (non-hydrogen) atoms. The molecule has 2 nitrogen and oxygen atoms in total. The van der Waals surface area contributed by atoms with Gasteiger partial charge in [0, 0.05) is 12.1 Å². The summed E-state index contributed by atoms with van der Waals surface area (Å²) in [5, 5.41) is 3.86. The minimum absolute atomic E-state index is 0.331. The first-order valence-corrected chi connectivity index (χ1v) is 6.74. The van der Waals surface area contributed by atoms with E-state index in [-0.39, 0.29) is 5.82 Å². The second-order valence-electron chi connectivity index (χ2n) is 4.06. The van der Waals surface area contributed by atoms with Gasteiger partial charge in [-0.05, 0) is 24.6 Å². The van der Waals surface area contributed by atoms with Crippen molar-refractivity contribution in [2.45, 2.75) is 13.3 Å². The summed E-state index contributed by atoms with van der Waals surface area (Å²) >= 11 is 12.2. The zero-order valence-electron chi connectivity index (χ0n) is 10.4. The molecule has 0 bridgehead atoms. The van der Waals surface area contributed by atoms with Gasteiger partial charge in [-0.25, -0.2) is 9.37 Å². The number of hydrogen-bond donors (Lipinski definition) is 1. The zero-order chi connectivity index (χ0) is 13.8. The minimum atomic E-state index is -0.360. The summed E-state index contributed by atoms with van der Waals surface area (Å²) < 4.78 is 13.8. The zero-order valence-corrected chi connectivity index (χ0v) is 11.9. The van der Waals surface area contributed by atoms with Crippen LogP contribution in [0.25, 0.3) is 11.3 Å². The minimum Gasteiger partial charge on any atom is -0.369 e. The second kappa shape index (κ2) is 6.22. The van der Waals surface area contributed by atoms with Crippen molar-refractivity contribution in [2.75, 3.05) is 11.9 Å². The fraction of sp³-hybridized carbons (Fsp3) is 0.214. The van der Waals surface area contributed by atoms with Crippen LogP contribution >= 0.6 is 23.2 Å². The number of anilines is 1. The summed E-state index contributed by atoms with van der Waals surface area (Å²) in [6, 6.07) is 7.96. The third-order valence-electron chi connectivity index (χ3n) is 2.60. The van der Waals surface area contributed by atoms with Gasteiger partial charge >= 0.3 is 0 Å². The Morgan fingerprint density at radius 1 is 1.21 bits per heavy atom. The highest BCUT2D eigenvalue weighted by molar-refractivity contribution is 6.37. The van der Waals surface area contributed by atoms with Crippen LogP contribution in [0.15, 0.2) is 30.3 Å². The van der Waals surface area contributed by atoms with Crippen LogP contribution in [0.4, 0.5) is 10.2 Å². The number of halogens is 3. The Kier molecular flexibility index (Phi) is 4.61. The summed E-state index contributed by atoms with van der Waals surface area (Å²) in [6.45, 7) is 2.78. The molecule has 1 aromatic carbocycles. The molecular weight excluding hydrogens is 286 g/mol. The summed E-state index contributed by atoms with van der Waals surface area (Å²) in [5.74, 6) is 0.159. The Labute approximate surface area is 121 Å². The van der Waals surface area contributed by atoms with E-state index in [9.17, 15) is 4.39 Å². The molecule has 1 heterocycles. The molecular formula is C14H13Cl2FN2. The van der Waals surface area contributed by atoms with E-state index in [2.05, 4.69) is 10.3 Å². The molecule has 0 amide bonds. The van der Waals surface area contributed by atoms with Crippen LogP contribution in [-0.4, -0.2) is 11.5 Å². The van der Waals surface area contributed by atoms with Crippen molar-refractivity contribution in [3.8, 4) is 11.3 Å². The monoisotopic (exact) mass is 298 g/mol. The number of aromatic nitrogens is 1. The maximum Gasteiger partial charge on any atom is 0.145 e. The van der Waals surface area contributed by atoms with Crippen LogP contribution in [0.3, 0.4) is 0 Å². The normalized spacial score (nSPS) is 10.5. The Bertz CT molecular complexity index is 588. The van der Waals surface area contributed by atoms with Crippen LogP contribution in [0, 0.1) is 5.82 Å². The summed E-state index contributed by atoms with van der Waals surface area (Å²) in [6.07, 6.45) is 0.940. The Hall–Kier alpha value is -1.32. The summed E-state index contributed by atoms with van der Waals surface area (Å²) in [7, 11) is 0. The highest BCUT2D eigenvalue weighted by Crippen LogP contribution is 2.33. The quantitative estimate of drug-likeness (QED) is 0.857. The van der Waals surface area contributed by atoms with Crippen molar-refractivity contribution in [3.63, 3.8) is 0 Å². The molecule has 100 valence electrons. The number of nitrogens with zero attached hydrogens (tertiary/aromatic N) is 1. The number of pyridine rings is 1. The van der Waals surface area contributed by atoms with Gasteiger partial charge in [-0.15, -0.1) is 0 Å². The van der Waals surface area contributed by atoms with Crippen LogP contribution in [0.5, 0.6) is 0 Å². The van der Waals surface area contributed by atoms with Gasteiger partial charge in [-0.1, -0.05) is 42.3 Å². The maximum absolute atomic E-state index is 13.8. The molecule has 0 fully saturated rings. The smallest absolute Gasteiger partial charge is 0.145 e. The molecule has 1 N–H and O–H groups in total. The topological polar surface area (TPSA) is 24.9 Å². The Morgan fingerprint density at radius 3 is 2.63 bits per heavy atom. The average molecular weight is 299 g/mol. The molecule has 0 aliphatic carbocycles. The van der Waals surface area contributed by atoms with Gasteiger partial charge in [0.2, 0.25) is 0 Å². The lowest BCUT2D eigenvalue weighted by Crippen LogP contribution is -2.04. The van der Waals surface area contributed by atoms with Crippen LogP contribution < -0.4 is 5.32 Å². The van der Waals surface area contributed by atoms with Gasteiger partial charge in [0.05, 0.1) is 15.7 Å². The highest BCUT2D eigenvalue weighted by Gasteiger charge is 2.13. The first kappa shape index (κ1) is 14.1. The van der Waals surface area contributed by atoms with Gasteiger partial charge in [-0.2, -0.15) is 0 Å². The molecule has 0 unspecified atom stereocenters. The van der Waals surface area contributed by atoms with E-state index in [4.69, 9.17) is 23.2 Å². The first-order chi connectivity index (χ1) is 9.13. The molecule has 0 aliphatic rings. The van der Waals surface area contributed by atoms with E-state index in [1.54, 1.807) is 24.3 Å². The van der Waals surface area contributed by atoms with Crippen molar-refractivity contribution in [1.82, 2.24) is 4.98 Å². The van der Waals surface area contributed by atoms with Crippen molar-refractivity contribution in [2.24, 2.45) is 0 Å². The molecule has 1 aromatic heterocycles. The number of hydrogen-bond acceptors (Lipinski definition) is 2. The lowest BCUT2D eigenvalue weighted by atomic mass is 10.1. The molecule has 2 rings (SSSR count). The molecule has 0 aliphatic heterocycles. The lowest BCUT2D eigenvalue weighted by molar-refractivity contribution is 0.631. The average Bonchev–Trinajstić information content (AvgIpc) is 2.39. The third kappa shape index (κ3) is 3.17. The fourth-order valence-electron chi connectivity index (χ4n) is 1.68. The van der Waals surface area contributed by atoms with E-state index in [1.807, 2.05) is 6.92 Å². The highest BCUT2D eigenvalue weighted by atomic mass is 35.5. The van der Waals surface area contributed by atoms with E-state index < -0.39 is 0 Å². The maximum atomic E-state index is 13.8. The molecule has 5 heteroatoms. The van der Waals surface area contributed by atoms with Gasteiger partial charge < -0.3 is 5.32 Å². The number of nitrogens with one attached hydrogen (secondary N) is 1. The first-order valence-electron chi connectivity index (χ1n) is 5.98. The Balaban J connectivity index is 2.48. The van der Waals surface area contributed by atoms with Crippen molar-refractivity contribution >= 4 is 29.0 Å². The largest absolute Gasteiger partial charge is 0.369 e. The predicted octanol–water partition coefficient (Wildman–Crippen LogP) is 5.02. The lowest BCUT2D eigenvalue weighted by Gasteiger charge is -2.11. The Morgan fingerprint density at radius 2 is 1.95 bits per heavy atom. The predicted molar refractivity (Wildman–Crippen MR) is 78.4 cm³/mol. The van der Waals surface area contributed by atoms with Crippen molar-refractivity contribution in [3.05, 3.63) is 46.2 Å².